The van der Waals surface area contributed by atoms with Gasteiger partial charge < -0.3 is 0 Å². The van der Waals surface area contributed by atoms with Gasteiger partial charge in [0.25, 0.3) is 0 Å². The summed E-state index contributed by atoms with van der Waals surface area (Å²) in [6, 6.07) is 1.47. The Morgan fingerprint density at radius 1 is 1.50 bits per heavy atom. The maximum absolute atomic E-state index is 11.8. The molecular formula is C8H9BrF3NO2S3. The van der Waals surface area contributed by atoms with Crippen molar-refractivity contribution in [3.63, 3.8) is 0 Å². The molecule has 0 bridgehead atoms. The van der Waals surface area contributed by atoms with Crippen LogP contribution < -0.4 is 4.72 Å². The van der Waals surface area contributed by atoms with Crippen LogP contribution in [0.15, 0.2) is 14.1 Å². The number of hydrogen-bond donors (Lipinski definition) is 1. The zero-order valence-electron chi connectivity index (χ0n) is 9.04. The van der Waals surface area contributed by atoms with Gasteiger partial charge in [-0.1, -0.05) is 0 Å². The monoisotopic (exact) mass is 383 g/mol. The van der Waals surface area contributed by atoms with Crippen molar-refractivity contribution < 1.29 is 21.6 Å². The summed E-state index contributed by atoms with van der Waals surface area (Å²) in [5.74, 6) is -0.353. The van der Waals surface area contributed by atoms with Gasteiger partial charge in [-0.2, -0.15) is 13.2 Å². The highest BCUT2D eigenvalue weighted by Crippen LogP contribution is 2.31. The molecule has 0 aliphatic rings. The first-order chi connectivity index (χ1) is 8.12. The Hall–Kier alpha value is 0.230. The van der Waals surface area contributed by atoms with E-state index in [1.807, 2.05) is 0 Å². The minimum Gasteiger partial charge on any atom is -0.210 e. The van der Waals surface area contributed by atoms with Crippen LogP contribution >= 0.6 is 39.0 Å². The summed E-state index contributed by atoms with van der Waals surface area (Å²) in [6.07, 6.45) is 0. The first kappa shape index (κ1) is 16.3. The average molecular weight is 384 g/mol. The van der Waals surface area contributed by atoms with Crippen molar-refractivity contribution in [2.24, 2.45) is 0 Å². The molecule has 18 heavy (non-hydrogen) atoms. The minimum absolute atomic E-state index is 0.0869. The maximum atomic E-state index is 11.8. The van der Waals surface area contributed by atoms with Crippen LogP contribution in [-0.4, -0.2) is 26.2 Å². The molecule has 0 fully saturated rings. The number of sulfonamides is 1. The van der Waals surface area contributed by atoms with Crippen molar-refractivity contribution >= 4 is 49.1 Å². The number of rotatable bonds is 5. The molecule has 10 heteroatoms. The number of thioether (sulfide) groups is 1. The quantitative estimate of drug-likeness (QED) is 0.793. The predicted octanol–water partition coefficient (Wildman–Crippen LogP) is 3.35. The molecule has 0 saturated carbocycles. The third-order valence-electron chi connectivity index (χ3n) is 1.76. The molecule has 0 saturated heterocycles. The number of nitrogens with one attached hydrogen (secondary N) is 1. The van der Waals surface area contributed by atoms with Crippen molar-refractivity contribution in [2.45, 2.75) is 16.6 Å². The van der Waals surface area contributed by atoms with Gasteiger partial charge in [0.2, 0.25) is 10.0 Å². The Bertz CT molecular complexity index is 493. The Morgan fingerprint density at radius 3 is 2.56 bits per heavy atom. The highest BCUT2D eigenvalue weighted by molar-refractivity contribution is 9.11. The molecule has 104 valence electrons. The van der Waals surface area contributed by atoms with Gasteiger partial charge in [0.05, 0.1) is 3.79 Å². The lowest BCUT2D eigenvalue weighted by Crippen LogP contribution is -2.26. The van der Waals surface area contributed by atoms with Crippen LogP contribution in [0.1, 0.15) is 5.56 Å². The highest BCUT2D eigenvalue weighted by Gasteiger charge is 2.28. The van der Waals surface area contributed by atoms with Crippen molar-refractivity contribution in [2.75, 3.05) is 12.3 Å². The van der Waals surface area contributed by atoms with E-state index in [1.54, 1.807) is 6.92 Å². The topological polar surface area (TPSA) is 46.2 Å². The molecule has 0 radical (unpaired) electrons. The second-order valence-electron chi connectivity index (χ2n) is 3.21. The van der Waals surface area contributed by atoms with E-state index in [9.17, 15) is 21.6 Å². The number of hydrogen-bond acceptors (Lipinski definition) is 4. The van der Waals surface area contributed by atoms with E-state index >= 15 is 0 Å². The normalized spacial score (nSPS) is 12.9. The number of halogens is 4. The van der Waals surface area contributed by atoms with Crippen LogP contribution in [-0.2, 0) is 10.0 Å². The largest absolute Gasteiger partial charge is 0.441 e. The molecule has 1 rings (SSSR count). The number of thiophene rings is 1. The van der Waals surface area contributed by atoms with Crippen LogP contribution in [0.2, 0.25) is 0 Å². The highest BCUT2D eigenvalue weighted by atomic mass is 79.9. The SMILES string of the molecule is Cc1cc(S(=O)(=O)NCCSC(F)(F)F)sc1Br. The minimum atomic E-state index is -4.34. The van der Waals surface area contributed by atoms with E-state index in [0.29, 0.717) is 3.79 Å². The lowest BCUT2D eigenvalue weighted by molar-refractivity contribution is -0.0327. The molecule has 1 aromatic heterocycles. The fourth-order valence-electron chi connectivity index (χ4n) is 0.978. The van der Waals surface area contributed by atoms with Gasteiger partial charge in [-0.3, -0.25) is 0 Å². The summed E-state index contributed by atoms with van der Waals surface area (Å²) in [5.41, 5.74) is -3.57. The fraction of sp³-hybridized carbons (Fsp3) is 0.500. The summed E-state index contributed by atoms with van der Waals surface area (Å²) in [7, 11) is -3.72. The Balaban J connectivity index is 2.56. The third kappa shape index (κ3) is 5.08. The van der Waals surface area contributed by atoms with Crippen molar-refractivity contribution in [1.29, 1.82) is 0 Å². The van der Waals surface area contributed by atoms with Gasteiger partial charge >= 0.3 is 5.51 Å². The molecule has 0 atom stereocenters. The summed E-state index contributed by atoms with van der Waals surface area (Å²) in [6.45, 7) is 1.47. The summed E-state index contributed by atoms with van der Waals surface area (Å²) in [4.78, 5) is 0. The molecule has 0 unspecified atom stereocenters. The summed E-state index contributed by atoms with van der Waals surface area (Å²) < 4.78 is 61.8. The molecule has 0 aliphatic heterocycles. The third-order valence-corrected chi connectivity index (χ3v) is 6.57. The molecule has 1 aromatic rings. The van der Waals surface area contributed by atoms with Crippen LogP contribution in [0, 0.1) is 6.92 Å². The first-order valence-electron chi connectivity index (χ1n) is 4.58. The molecule has 0 spiro atoms. The van der Waals surface area contributed by atoms with E-state index in [0.717, 1.165) is 16.9 Å². The molecule has 1 N–H and O–H groups in total. The zero-order valence-corrected chi connectivity index (χ0v) is 13.1. The maximum Gasteiger partial charge on any atom is 0.441 e. The predicted molar refractivity (Wildman–Crippen MR) is 70.5 cm³/mol. The smallest absolute Gasteiger partial charge is 0.210 e. The lowest BCUT2D eigenvalue weighted by Gasteiger charge is -2.06. The van der Waals surface area contributed by atoms with E-state index < -0.39 is 15.5 Å². The van der Waals surface area contributed by atoms with Gasteiger partial charge in [-0.05, 0) is 46.2 Å². The number of aryl methyl sites for hydroxylation is 1. The van der Waals surface area contributed by atoms with Crippen molar-refractivity contribution in [3.8, 4) is 0 Å². The van der Waals surface area contributed by atoms with E-state index in [2.05, 4.69) is 20.7 Å². The van der Waals surface area contributed by atoms with Crippen LogP contribution in [0.25, 0.3) is 0 Å². The summed E-state index contributed by atoms with van der Waals surface area (Å²) in [5, 5.41) is 0. The van der Waals surface area contributed by atoms with Crippen LogP contribution in [0.3, 0.4) is 0 Å². The molecule has 3 nitrogen and oxygen atoms in total. The van der Waals surface area contributed by atoms with Gasteiger partial charge in [-0.15, -0.1) is 11.3 Å². The Kier molecular flexibility index (Phi) is 5.54. The average Bonchev–Trinajstić information content (AvgIpc) is 2.54. The van der Waals surface area contributed by atoms with Crippen LogP contribution in [0.4, 0.5) is 13.2 Å². The second-order valence-corrected chi connectivity index (χ2v) is 8.74. The van der Waals surface area contributed by atoms with E-state index in [4.69, 9.17) is 0 Å². The standard InChI is InChI=1S/C8H9BrF3NO2S3/c1-5-4-6(17-7(5)9)18(14,15)13-2-3-16-8(10,11)12/h4,13H,2-3H2,1H3. The molecule has 0 aliphatic carbocycles. The Morgan fingerprint density at radius 2 is 2.11 bits per heavy atom. The second kappa shape index (κ2) is 6.12. The van der Waals surface area contributed by atoms with Gasteiger partial charge in [0.15, 0.2) is 0 Å². The molecule has 0 aromatic carbocycles. The molecule has 0 amide bonds. The first-order valence-corrected chi connectivity index (χ1v) is 8.66. The van der Waals surface area contributed by atoms with E-state index in [-0.39, 0.29) is 28.3 Å². The Labute approximate surface area is 119 Å². The van der Waals surface area contributed by atoms with Gasteiger partial charge in [0.1, 0.15) is 4.21 Å². The van der Waals surface area contributed by atoms with E-state index in [1.165, 1.54) is 6.07 Å². The van der Waals surface area contributed by atoms with Gasteiger partial charge in [-0.25, -0.2) is 13.1 Å². The molecule has 1 heterocycles. The molecular weight excluding hydrogens is 375 g/mol. The van der Waals surface area contributed by atoms with Crippen LogP contribution in [0.5, 0.6) is 0 Å². The van der Waals surface area contributed by atoms with Gasteiger partial charge in [0, 0.05) is 12.3 Å². The zero-order chi connectivity index (χ0) is 14.0. The number of alkyl halides is 3. The van der Waals surface area contributed by atoms with Crippen molar-refractivity contribution in [3.05, 3.63) is 15.4 Å². The lowest BCUT2D eigenvalue weighted by atomic mass is 10.4. The fourth-order valence-corrected chi connectivity index (χ4v) is 4.84. The summed E-state index contributed by atoms with van der Waals surface area (Å²) >= 11 is 3.96. The van der Waals surface area contributed by atoms with Crippen molar-refractivity contribution in [1.82, 2.24) is 4.72 Å².